The van der Waals surface area contributed by atoms with Crippen LogP contribution in [0.3, 0.4) is 0 Å². The highest BCUT2D eigenvalue weighted by molar-refractivity contribution is 7.71. The smallest absolute Gasteiger partial charge is 0.179 e. The number of fused-ring (bicyclic) bond motifs is 1. The summed E-state index contributed by atoms with van der Waals surface area (Å²) < 4.78 is 2.67. The van der Waals surface area contributed by atoms with Crippen LogP contribution in [-0.2, 0) is 0 Å². The highest BCUT2D eigenvalue weighted by Gasteiger charge is 2.27. The normalized spacial score (nSPS) is 24.6. The van der Waals surface area contributed by atoms with E-state index in [0.717, 1.165) is 42.4 Å². The summed E-state index contributed by atoms with van der Waals surface area (Å²) in [5.74, 6) is 0. The molecule has 1 saturated carbocycles. The van der Waals surface area contributed by atoms with Gasteiger partial charge in [0.1, 0.15) is 0 Å². The van der Waals surface area contributed by atoms with Crippen molar-refractivity contribution in [1.29, 1.82) is 0 Å². The number of nitrogens with one attached hydrogen (secondary N) is 1. The standard InChI is InChI=1S/C13H17N3OS/c1-8-6-7-14-12-11(8)15-13(18)16(12)9-4-2-3-5-10(9)17/h6-7,9-10,17H,2-5H2,1H3,(H,15,18). The lowest BCUT2D eigenvalue weighted by Crippen LogP contribution is -2.27. The molecule has 0 bridgehead atoms. The predicted octanol–water partition coefficient (Wildman–Crippen LogP) is 2.88. The molecule has 18 heavy (non-hydrogen) atoms. The van der Waals surface area contributed by atoms with Crippen LogP contribution in [0.2, 0.25) is 0 Å². The van der Waals surface area contributed by atoms with E-state index in [1.54, 1.807) is 6.20 Å². The van der Waals surface area contributed by atoms with E-state index in [1.807, 2.05) is 17.6 Å². The molecule has 4 nitrogen and oxygen atoms in total. The van der Waals surface area contributed by atoms with Gasteiger partial charge in [0.15, 0.2) is 10.4 Å². The van der Waals surface area contributed by atoms with E-state index >= 15 is 0 Å². The number of hydrogen-bond acceptors (Lipinski definition) is 3. The maximum Gasteiger partial charge on any atom is 0.179 e. The van der Waals surface area contributed by atoms with Gasteiger partial charge in [-0.1, -0.05) is 12.8 Å². The molecule has 0 saturated heterocycles. The third-order valence-corrected chi connectivity index (χ3v) is 4.14. The predicted molar refractivity (Wildman–Crippen MR) is 73.2 cm³/mol. The Bertz CT molecular complexity index is 631. The van der Waals surface area contributed by atoms with E-state index in [1.165, 1.54) is 0 Å². The number of imidazole rings is 1. The van der Waals surface area contributed by atoms with Crippen LogP contribution >= 0.6 is 12.2 Å². The van der Waals surface area contributed by atoms with Gasteiger partial charge in [-0.3, -0.25) is 4.57 Å². The number of hydrogen-bond donors (Lipinski definition) is 2. The largest absolute Gasteiger partial charge is 0.391 e. The fourth-order valence-corrected chi connectivity index (χ4v) is 3.17. The zero-order valence-electron chi connectivity index (χ0n) is 10.4. The summed E-state index contributed by atoms with van der Waals surface area (Å²) in [5.41, 5.74) is 2.99. The molecule has 2 aromatic heterocycles. The van der Waals surface area contributed by atoms with Gasteiger partial charge in [-0.05, 0) is 43.6 Å². The number of rotatable bonds is 1. The summed E-state index contributed by atoms with van der Waals surface area (Å²) in [4.78, 5) is 7.64. The number of nitrogens with zero attached hydrogens (tertiary/aromatic N) is 2. The summed E-state index contributed by atoms with van der Waals surface area (Å²) >= 11 is 5.40. The van der Waals surface area contributed by atoms with Crippen LogP contribution in [0.4, 0.5) is 0 Å². The van der Waals surface area contributed by atoms with Crippen molar-refractivity contribution in [2.45, 2.75) is 44.8 Å². The van der Waals surface area contributed by atoms with Gasteiger partial charge in [-0.2, -0.15) is 0 Å². The molecule has 0 aliphatic heterocycles. The highest BCUT2D eigenvalue weighted by atomic mass is 32.1. The van der Waals surface area contributed by atoms with Gasteiger partial charge in [0.2, 0.25) is 0 Å². The molecule has 0 radical (unpaired) electrons. The fourth-order valence-electron chi connectivity index (χ4n) is 2.84. The molecule has 2 N–H and O–H groups in total. The number of aromatic amines is 1. The topological polar surface area (TPSA) is 53.8 Å². The quantitative estimate of drug-likeness (QED) is 0.778. The molecule has 96 valence electrons. The number of pyridine rings is 1. The molecule has 2 unspecified atom stereocenters. The Morgan fingerprint density at radius 3 is 3.00 bits per heavy atom. The zero-order valence-corrected chi connectivity index (χ0v) is 11.2. The van der Waals surface area contributed by atoms with Gasteiger partial charge in [0, 0.05) is 6.20 Å². The minimum Gasteiger partial charge on any atom is -0.391 e. The second-order valence-corrected chi connectivity index (χ2v) is 5.43. The summed E-state index contributed by atoms with van der Waals surface area (Å²) in [6, 6.07) is 2.03. The van der Waals surface area contributed by atoms with Crippen molar-refractivity contribution in [3.8, 4) is 0 Å². The van der Waals surface area contributed by atoms with Gasteiger partial charge in [-0.15, -0.1) is 0 Å². The van der Waals surface area contributed by atoms with Crippen LogP contribution in [0, 0.1) is 11.7 Å². The second-order valence-electron chi connectivity index (χ2n) is 5.05. The second kappa shape index (κ2) is 4.48. The average Bonchev–Trinajstić information content (AvgIpc) is 2.68. The summed E-state index contributed by atoms with van der Waals surface area (Å²) in [7, 11) is 0. The van der Waals surface area contributed by atoms with E-state index in [0.29, 0.717) is 4.77 Å². The minimum atomic E-state index is -0.313. The molecule has 2 atom stereocenters. The van der Waals surface area contributed by atoms with Crippen molar-refractivity contribution in [2.24, 2.45) is 0 Å². The first-order valence-electron chi connectivity index (χ1n) is 6.42. The number of aromatic nitrogens is 3. The van der Waals surface area contributed by atoms with Crippen molar-refractivity contribution in [3.05, 3.63) is 22.6 Å². The number of aryl methyl sites for hydroxylation is 1. The van der Waals surface area contributed by atoms with Crippen molar-refractivity contribution in [2.75, 3.05) is 0 Å². The molecule has 0 spiro atoms. The molecule has 0 aromatic carbocycles. The van der Waals surface area contributed by atoms with Crippen LogP contribution in [0.25, 0.3) is 11.2 Å². The Morgan fingerprint density at radius 2 is 2.22 bits per heavy atom. The molecule has 2 heterocycles. The maximum absolute atomic E-state index is 10.2. The average molecular weight is 263 g/mol. The van der Waals surface area contributed by atoms with Crippen molar-refractivity contribution >= 4 is 23.4 Å². The lowest BCUT2D eigenvalue weighted by atomic mass is 9.92. The van der Waals surface area contributed by atoms with E-state index < -0.39 is 0 Å². The lowest BCUT2D eigenvalue weighted by Gasteiger charge is -2.28. The van der Waals surface area contributed by atoms with Gasteiger partial charge in [0.25, 0.3) is 0 Å². The molecule has 1 aliphatic carbocycles. The van der Waals surface area contributed by atoms with Crippen LogP contribution < -0.4 is 0 Å². The first-order valence-corrected chi connectivity index (χ1v) is 6.83. The summed E-state index contributed by atoms with van der Waals surface area (Å²) in [6.45, 7) is 2.04. The lowest BCUT2D eigenvalue weighted by molar-refractivity contribution is 0.0764. The van der Waals surface area contributed by atoms with Gasteiger partial charge in [-0.25, -0.2) is 4.98 Å². The fraction of sp³-hybridized carbons (Fsp3) is 0.538. The Hall–Kier alpha value is -1.20. The molecule has 1 fully saturated rings. The first kappa shape index (κ1) is 11.9. The third-order valence-electron chi connectivity index (χ3n) is 3.84. The Labute approximate surface area is 111 Å². The summed E-state index contributed by atoms with van der Waals surface area (Å²) in [5, 5.41) is 10.2. The van der Waals surface area contributed by atoms with Crippen molar-refractivity contribution < 1.29 is 5.11 Å². The first-order chi connectivity index (χ1) is 8.68. The number of aliphatic hydroxyl groups excluding tert-OH is 1. The van der Waals surface area contributed by atoms with Gasteiger partial charge in [0.05, 0.1) is 17.7 Å². The molecule has 3 rings (SSSR count). The molecule has 0 amide bonds. The number of H-pyrrole nitrogens is 1. The SMILES string of the molecule is Cc1ccnc2c1[nH]c(=S)n2C1CCCCC1O. The monoisotopic (exact) mass is 263 g/mol. The number of aliphatic hydroxyl groups is 1. The Kier molecular flexibility index (Phi) is 2.95. The van der Waals surface area contributed by atoms with E-state index in [4.69, 9.17) is 12.2 Å². The maximum atomic E-state index is 10.2. The van der Waals surface area contributed by atoms with Crippen molar-refractivity contribution in [1.82, 2.24) is 14.5 Å². The van der Waals surface area contributed by atoms with E-state index in [9.17, 15) is 5.11 Å². The van der Waals surface area contributed by atoms with E-state index in [-0.39, 0.29) is 12.1 Å². The van der Waals surface area contributed by atoms with Gasteiger partial charge < -0.3 is 10.1 Å². The molecule has 1 aliphatic rings. The van der Waals surface area contributed by atoms with Crippen LogP contribution in [0.5, 0.6) is 0 Å². The zero-order chi connectivity index (χ0) is 12.7. The molecular formula is C13H17N3OS. The minimum absolute atomic E-state index is 0.0642. The van der Waals surface area contributed by atoms with Gasteiger partial charge >= 0.3 is 0 Å². The van der Waals surface area contributed by atoms with Crippen LogP contribution in [0.15, 0.2) is 12.3 Å². The molecule has 2 aromatic rings. The highest BCUT2D eigenvalue weighted by Crippen LogP contribution is 2.31. The molecular weight excluding hydrogens is 246 g/mol. The Balaban J connectivity index is 2.19. The van der Waals surface area contributed by atoms with Crippen LogP contribution in [-0.4, -0.2) is 25.7 Å². The summed E-state index contributed by atoms with van der Waals surface area (Å²) in [6.07, 6.45) is 5.54. The van der Waals surface area contributed by atoms with Crippen molar-refractivity contribution in [3.63, 3.8) is 0 Å². The van der Waals surface area contributed by atoms with E-state index in [2.05, 4.69) is 9.97 Å². The Morgan fingerprint density at radius 1 is 1.44 bits per heavy atom. The third kappa shape index (κ3) is 1.78. The molecule has 5 heteroatoms. The van der Waals surface area contributed by atoms with Crippen LogP contribution in [0.1, 0.15) is 37.3 Å².